The lowest BCUT2D eigenvalue weighted by molar-refractivity contribution is -0.0459. The van der Waals surface area contributed by atoms with Crippen LogP contribution in [-0.4, -0.2) is 38.6 Å². The predicted molar refractivity (Wildman–Crippen MR) is 57.7 cm³/mol. The molecule has 0 radical (unpaired) electrons. The summed E-state index contributed by atoms with van der Waals surface area (Å²) >= 11 is 0. The number of H-pyrrole nitrogens is 1. The summed E-state index contributed by atoms with van der Waals surface area (Å²) in [6.07, 6.45) is -0.581. The van der Waals surface area contributed by atoms with Crippen molar-refractivity contribution in [3.63, 3.8) is 0 Å². The molecule has 1 fully saturated rings. The number of aliphatic hydroxyl groups is 2. The fourth-order valence-electron chi connectivity index (χ4n) is 1.85. The van der Waals surface area contributed by atoms with Gasteiger partial charge < -0.3 is 14.9 Å². The maximum absolute atomic E-state index is 11.6. The van der Waals surface area contributed by atoms with Gasteiger partial charge in [-0.15, -0.1) is 0 Å². The molecule has 0 amide bonds. The number of nitrogens with one attached hydrogen (secondary N) is 1. The first-order valence-corrected chi connectivity index (χ1v) is 5.29. The highest BCUT2D eigenvalue weighted by Crippen LogP contribution is 2.27. The zero-order valence-electron chi connectivity index (χ0n) is 9.29. The van der Waals surface area contributed by atoms with Crippen LogP contribution in [-0.2, 0) is 4.74 Å². The molecule has 7 nitrogen and oxygen atoms in total. The van der Waals surface area contributed by atoms with E-state index in [0.29, 0.717) is 5.56 Å². The van der Waals surface area contributed by atoms with Crippen LogP contribution in [0, 0.1) is 6.92 Å². The molecular weight excluding hydrogens is 231 g/mol. The molecule has 2 rings (SSSR count). The van der Waals surface area contributed by atoms with Gasteiger partial charge in [0.2, 0.25) is 0 Å². The molecule has 2 heterocycles. The maximum Gasteiger partial charge on any atom is 0.330 e. The topological polar surface area (TPSA) is 105 Å². The summed E-state index contributed by atoms with van der Waals surface area (Å²) in [6.45, 7) is 1.26. The van der Waals surface area contributed by atoms with Crippen molar-refractivity contribution in [2.75, 3.05) is 6.61 Å². The van der Waals surface area contributed by atoms with Gasteiger partial charge in [0.1, 0.15) is 12.3 Å². The number of aryl methyl sites for hydroxylation is 1. The zero-order valence-corrected chi connectivity index (χ0v) is 9.29. The van der Waals surface area contributed by atoms with Gasteiger partial charge >= 0.3 is 5.69 Å². The van der Waals surface area contributed by atoms with Gasteiger partial charge in [0.15, 0.2) is 0 Å². The average Bonchev–Trinajstić information content (AvgIpc) is 2.65. The first-order valence-electron chi connectivity index (χ1n) is 5.29. The van der Waals surface area contributed by atoms with Crippen LogP contribution in [0.2, 0.25) is 0 Å². The van der Waals surface area contributed by atoms with Crippen molar-refractivity contribution in [1.29, 1.82) is 0 Å². The predicted octanol–water partition coefficient (Wildman–Crippen LogP) is -1.51. The second-order valence-electron chi connectivity index (χ2n) is 4.09. The van der Waals surface area contributed by atoms with Crippen LogP contribution in [0.4, 0.5) is 0 Å². The average molecular weight is 245 g/mol. The number of rotatable bonds is 2. The molecule has 3 N–H and O–H groups in total. The van der Waals surface area contributed by atoms with Crippen molar-refractivity contribution in [3.05, 3.63) is 32.6 Å². The van der Waals surface area contributed by atoms with E-state index in [0.717, 1.165) is 0 Å². The molecule has 1 saturated heterocycles. The first kappa shape index (κ1) is 12.0. The van der Waals surface area contributed by atoms with Crippen LogP contribution in [0.3, 0.4) is 0 Å². The highest BCUT2D eigenvalue weighted by atomic mass is 16.6. The molecule has 3 atom stereocenters. The summed E-state index contributed by atoms with van der Waals surface area (Å²) in [5.41, 5.74) is -0.643. The smallest absolute Gasteiger partial charge is 0.330 e. The molecule has 0 bridgehead atoms. The van der Waals surface area contributed by atoms with Crippen molar-refractivity contribution in [1.82, 2.24) is 9.55 Å². The summed E-state index contributed by atoms with van der Waals surface area (Å²) in [6, 6.07) is 0. The summed E-state index contributed by atoms with van der Waals surface area (Å²) in [5.74, 6) is 0. The van der Waals surface area contributed by atoms with Gasteiger partial charge in [-0.2, -0.15) is 0 Å². The Bertz CT molecular complexity index is 520. The van der Waals surface area contributed by atoms with Gasteiger partial charge in [-0.1, -0.05) is 0 Å². The standard InChI is InChI=1S/C10H14N2O5/c1-5-3-12(10(16)11-9(5)15)8-2-6(14)7(4-13)17-8/h3,6-8,13-14H,2,4H2,1H3,(H,11,15,16)/t6-,7+,8+/m0/s1/i4+1,8+1,10+1. The summed E-state index contributed by atoms with van der Waals surface area (Å²) < 4.78 is 6.54. The third-order valence-electron chi connectivity index (χ3n) is 2.84. The van der Waals surface area contributed by atoms with Crippen molar-refractivity contribution in [2.24, 2.45) is 0 Å². The highest BCUT2D eigenvalue weighted by molar-refractivity contribution is 5.02. The van der Waals surface area contributed by atoms with Gasteiger partial charge in [-0.25, -0.2) is 4.79 Å². The largest absolute Gasteiger partial charge is 0.394 e. The molecule has 0 aromatic carbocycles. The highest BCUT2D eigenvalue weighted by Gasteiger charge is 2.34. The minimum atomic E-state index is -0.816. The molecule has 1 aromatic heterocycles. The van der Waals surface area contributed by atoms with E-state index >= 15 is 0 Å². The minimum absolute atomic E-state index is 0.205. The Morgan fingerprint density at radius 2 is 2.29 bits per heavy atom. The SMILES string of the molecule is Cc1cn([13C@H]2C[C@H](O)[C@@H]([13CH2]O)O2)[13c](=O)[nH]c1=O. The summed E-state index contributed by atoms with van der Waals surface area (Å²) in [5, 5.41) is 18.5. The molecular formula is C10H14N2O5. The number of aliphatic hydroxyl groups excluding tert-OH is 2. The molecule has 94 valence electrons. The quantitative estimate of drug-likeness (QED) is 0.549. The van der Waals surface area contributed by atoms with Crippen molar-refractivity contribution in [3.8, 4) is 0 Å². The Kier molecular flexibility index (Phi) is 3.14. The number of ether oxygens (including phenoxy) is 1. The fourth-order valence-corrected chi connectivity index (χ4v) is 1.85. The Balaban J connectivity index is 2.34. The van der Waals surface area contributed by atoms with E-state index < -0.39 is 29.7 Å². The Hall–Kier alpha value is -1.44. The summed E-state index contributed by atoms with van der Waals surface area (Å²) in [4.78, 5) is 24.9. The van der Waals surface area contributed by atoms with Crippen LogP contribution in [0.25, 0.3) is 0 Å². The second-order valence-corrected chi connectivity index (χ2v) is 4.09. The Morgan fingerprint density at radius 3 is 2.88 bits per heavy atom. The van der Waals surface area contributed by atoms with E-state index in [1.165, 1.54) is 10.8 Å². The molecule has 0 aliphatic carbocycles. The van der Waals surface area contributed by atoms with E-state index in [9.17, 15) is 14.7 Å². The lowest BCUT2D eigenvalue weighted by atomic mass is 10.3. The molecule has 7 heteroatoms. The van der Waals surface area contributed by atoms with Gasteiger partial charge in [0.05, 0.1) is 12.7 Å². The lowest BCUT2D eigenvalue weighted by Gasteiger charge is -2.14. The van der Waals surface area contributed by atoms with Crippen LogP contribution in [0.15, 0.2) is 15.8 Å². The van der Waals surface area contributed by atoms with Crippen LogP contribution >= 0.6 is 0 Å². The zero-order chi connectivity index (χ0) is 12.6. The van der Waals surface area contributed by atoms with Crippen molar-refractivity contribution in [2.45, 2.75) is 31.8 Å². The molecule has 0 unspecified atom stereocenters. The van der Waals surface area contributed by atoms with Crippen molar-refractivity contribution >= 4 is 0 Å². The van der Waals surface area contributed by atoms with Gasteiger partial charge in [-0.05, 0) is 6.92 Å². The van der Waals surface area contributed by atoms with Gasteiger partial charge in [-0.3, -0.25) is 14.3 Å². The van der Waals surface area contributed by atoms with Gasteiger partial charge in [0, 0.05) is 18.2 Å². The van der Waals surface area contributed by atoms with E-state index in [1.54, 1.807) is 6.92 Å². The van der Waals surface area contributed by atoms with Crippen molar-refractivity contribution < 1.29 is 14.9 Å². The van der Waals surface area contributed by atoms with Gasteiger partial charge in [0.25, 0.3) is 5.56 Å². The van der Waals surface area contributed by atoms with E-state index in [4.69, 9.17) is 9.84 Å². The molecule has 1 aromatic rings. The van der Waals surface area contributed by atoms with E-state index in [1.807, 2.05) is 0 Å². The number of aromatic amines is 1. The Morgan fingerprint density at radius 1 is 1.59 bits per heavy atom. The molecule has 17 heavy (non-hydrogen) atoms. The normalized spacial score (nSPS) is 28.5. The number of hydrogen-bond acceptors (Lipinski definition) is 5. The molecule has 1 aliphatic heterocycles. The van der Waals surface area contributed by atoms with Crippen LogP contribution in [0.5, 0.6) is 0 Å². The van der Waals surface area contributed by atoms with E-state index in [2.05, 4.69) is 4.98 Å². The number of hydrogen-bond donors (Lipinski definition) is 3. The fraction of sp³-hybridized carbons (Fsp3) is 0.600. The van der Waals surface area contributed by atoms with E-state index in [-0.39, 0.29) is 13.0 Å². The van der Waals surface area contributed by atoms with Crippen LogP contribution < -0.4 is 11.2 Å². The van der Waals surface area contributed by atoms with Crippen LogP contribution in [0.1, 0.15) is 18.2 Å². The molecule has 0 saturated carbocycles. The maximum atomic E-state index is 11.6. The Labute approximate surface area is 96.3 Å². The minimum Gasteiger partial charge on any atom is -0.394 e. The number of nitrogens with zero attached hydrogens (tertiary/aromatic N) is 1. The molecule has 1 aliphatic rings. The third kappa shape index (κ3) is 2.17. The summed E-state index contributed by atoms with van der Waals surface area (Å²) in [7, 11) is 0. The monoisotopic (exact) mass is 245 g/mol. The lowest BCUT2D eigenvalue weighted by Crippen LogP contribution is -2.33. The number of aromatic nitrogens is 2. The second kappa shape index (κ2) is 4.44. The molecule has 0 spiro atoms. The third-order valence-corrected chi connectivity index (χ3v) is 2.84. The first-order chi connectivity index (χ1) is 8.02.